The monoisotopic (exact) mass is 326 g/mol. The Morgan fingerprint density at radius 2 is 1.96 bits per heavy atom. The van der Waals surface area contributed by atoms with Crippen LogP contribution in [0.15, 0.2) is 67.0 Å². The van der Waals surface area contributed by atoms with Gasteiger partial charge in [-0.2, -0.15) is 5.10 Å². The zero-order chi connectivity index (χ0) is 16.1. The van der Waals surface area contributed by atoms with Crippen molar-refractivity contribution in [3.8, 4) is 5.69 Å². The summed E-state index contributed by atoms with van der Waals surface area (Å²) < 4.78 is 1.72. The second-order valence-corrected chi connectivity index (χ2v) is 5.32. The van der Waals surface area contributed by atoms with Gasteiger partial charge in [-0.3, -0.25) is 4.79 Å². The molecule has 0 aliphatic rings. The lowest BCUT2D eigenvalue weighted by Crippen LogP contribution is -2.22. The van der Waals surface area contributed by atoms with E-state index in [0.717, 1.165) is 17.1 Å². The van der Waals surface area contributed by atoms with Crippen LogP contribution in [0.5, 0.6) is 0 Å². The summed E-state index contributed by atoms with van der Waals surface area (Å²) >= 11 is 6.05. The summed E-state index contributed by atoms with van der Waals surface area (Å²) in [6.45, 7) is 0.128. The lowest BCUT2D eigenvalue weighted by Gasteiger charge is -2.13. The molecule has 0 fully saturated rings. The van der Waals surface area contributed by atoms with E-state index in [1.54, 1.807) is 23.0 Å². The molecule has 3 aromatic rings. The van der Waals surface area contributed by atoms with E-state index in [4.69, 9.17) is 11.6 Å². The van der Waals surface area contributed by atoms with Crippen LogP contribution >= 0.6 is 11.6 Å². The van der Waals surface area contributed by atoms with Crippen LogP contribution in [0.2, 0.25) is 5.02 Å². The van der Waals surface area contributed by atoms with E-state index in [0.29, 0.717) is 5.02 Å². The van der Waals surface area contributed by atoms with E-state index in [1.807, 2.05) is 48.7 Å². The molecule has 1 heterocycles. The third-order valence-electron chi connectivity index (χ3n) is 3.21. The Hall–Kier alpha value is -2.79. The highest BCUT2D eigenvalue weighted by atomic mass is 35.5. The molecule has 0 spiro atoms. The molecular formula is C17H15ClN4O. The lowest BCUT2D eigenvalue weighted by molar-refractivity contribution is -0.114. The van der Waals surface area contributed by atoms with Gasteiger partial charge in [0.25, 0.3) is 0 Å². The standard InChI is InChI=1S/C17H15ClN4O/c18-13-7-8-16(22-10-4-9-20-22)15(11-13)19-12-17(23)21-14-5-2-1-3-6-14/h1-11,19H,12H2,(H,21,23). The molecule has 0 saturated carbocycles. The molecule has 0 atom stereocenters. The molecule has 2 N–H and O–H groups in total. The number of nitrogens with zero attached hydrogens (tertiary/aromatic N) is 2. The fraction of sp³-hybridized carbons (Fsp3) is 0.0588. The number of amides is 1. The molecule has 3 rings (SSSR count). The van der Waals surface area contributed by atoms with E-state index in [9.17, 15) is 4.79 Å². The molecule has 1 aromatic heterocycles. The summed E-state index contributed by atoms with van der Waals surface area (Å²) in [5, 5.41) is 10.7. The average molecular weight is 327 g/mol. The smallest absolute Gasteiger partial charge is 0.243 e. The summed E-state index contributed by atoms with van der Waals surface area (Å²) in [4.78, 5) is 12.0. The quantitative estimate of drug-likeness (QED) is 0.753. The van der Waals surface area contributed by atoms with Gasteiger partial charge in [-0.1, -0.05) is 29.8 Å². The molecular weight excluding hydrogens is 312 g/mol. The van der Waals surface area contributed by atoms with Crippen molar-refractivity contribution < 1.29 is 4.79 Å². The molecule has 2 aromatic carbocycles. The molecule has 0 unspecified atom stereocenters. The zero-order valence-corrected chi connectivity index (χ0v) is 13.0. The predicted octanol–water partition coefficient (Wildman–Crippen LogP) is 3.58. The molecule has 0 aliphatic carbocycles. The second kappa shape index (κ2) is 6.98. The normalized spacial score (nSPS) is 10.3. The highest BCUT2D eigenvalue weighted by Gasteiger charge is 2.08. The summed E-state index contributed by atoms with van der Waals surface area (Å²) in [7, 11) is 0. The molecule has 5 nitrogen and oxygen atoms in total. The number of carbonyl (C=O) groups is 1. The van der Waals surface area contributed by atoms with Gasteiger partial charge in [0, 0.05) is 23.1 Å². The van der Waals surface area contributed by atoms with Crippen LogP contribution in [0.1, 0.15) is 0 Å². The number of benzene rings is 2. The predicted molar refractivity (Wildman–Crippen MR) is 92.1 cm³/mol. The van der Waals surface area contributed by atoms with E-state index in [-0.39, 0.29) is 12.5 Å². The fourth-order valence-corrected chi connectivity index (χ4v) is 2.34. The largest absolute Gasteiger partial charge is 0.374 e. The molecule has 0 bridgehead atoms. The van der Waals surface area contributed by atoms with E-state index in [2.05, 4.69) is 15.7 Å². The number of nitrogens with one attached hydrogen (secondary N) is 2. The number of anilines is 2. The molecule has 0 aliphatic heterocycles. The number of halogens is 1. The highest BCUT2D eigenvalue weighted by Crippen LogP contribution is 2.24. The maximum Gasteiger partial charge on any atom is 0.243 e. The summed E-state index contributed by atoms with van der Waals surface area (Å²) in [5.74, 6) is -0.136. The first-order valence-corrected chi connectivity index (χ1v) is 7.48. The van der Waals surface area contributed by atoms with Crippen molar-refractivity contribution in [1.82, 2.24) is 9.78 Å². The number of hydrogen-bond acceptors (Lipinski definition) is 3. The Bertz CT molecular complexity index is 788. The van der Waals surface area contributed by atoms with Crippen LogP contribution < -0.4 is 10.6 Å². The Morgan fingerprint density at radius 3 is 2.70 bits per heavy atom. The Balaban J connectivity index is 1.70. The average Bonchev–Trinajstić information content (AvgIpc) is 3.08. The minimum absolute atomic E-state index is 0.128. The van der Waals surface area contributed by atoms with Gasteiger partial charge in [0.1, 0.15) is 0 Å². The van der Waals surface area contributed by atoms with Gasteiger partial charge in [-0.15, -0.1) is 0 Å². The number of para-hydroxylation sites is 1. The topological polar surface area (TPSA) is 59.0 Å². The Morgan fingerprint density at radius 1 is 1.13 bits per heavy atom. The zero-order valence-electron chi connectivity index (χ0n) is 12.2. The van der Waals surface area contributed by atoms with Crippen LogP contribution in [-0.4, -0.2) is 22.2 Å². The third-order valence-corrected chi connectivity index (χ3v) is 3.44. The summed E-state index contributed by atoms with van der Waals surface area (Å²) in [5.41, 5.74) is 2.33. The SMILES string of the molecule is O=C(CNc1cc(Cl)ccc1-n1cccn1)Nc1ccccc1. The van der Waals surface area contributed by atoms with Crippen LogP contribution in [0, 0.1) is 0 Å². The molecule has 6 heteroatoms. The number of aromatic nitrogens is 2. The summed E-state index contributed by atoms with van der Waals surface area (Å²) in [6, 6.07) is 16.6. The van der Waals surface area contributed by atoms with Gasteiger partial charge in [0.2, 0.25) is 5.91 Å². The van der Waals surface area contributed by atoms with Crippen molar-refractivity contribution in [1.29, 1.82) is 0 Å². The van der Waals surface area contributed by atoms with Crippen molar-refractivity contribution in [2.45, 2.75) is 0 Å². The first-order chi connectivity index (χ1) is 11.2. The second-order valence-electron chi connectivity index (χ2n) is 4.88. The number of carbonyl (C=O) groups excluding carboxylic acids is 1. The van der Waals surface area contributed by atoms with E-state index >= 15 is 0 Å². The third kappa shape index (κ3) is 3.90. The van der Waals surface area contributed by atoms with E-state index < -0.39 is 0 Å². The first kappa shape index (κ1) is 15.1. The minimum Gasteiger partial charge on any atom is -0.374 e. The molecule has 0 radical (unpaired) electrons. The minimum atomic E-state index is -0.136. The van der Waals surface area contributed by atoms with Gasteiger partial charge in [-0.05, 0) is 36.4 Å². The molecule has 1 amide bonds. The van der Waals surface area contributed by atoms with Gasteiger partial charge >= 0.3 is 0 Å². The van der Waals surface area contributed by atoms with Crippen LogP contribution in [-0.2, 0) is 4.79 Å². The highest BCUT2D eigenvalue weighted by molar-refractivity contribution is 6.31. The maximum atomic E-state index is 12.0. The summed E-state index contributed by atoms with van der Waals surface area (Å²) in [6.07, 6.45) is 3.53. The Kier molecular flexibility index (Phi) is 4.59. The van der Waals surface area contributed by atoms with Gasteiger partial charge < -0.3 is 10.6 Å². The first-order valence-electron chi connectivity index (χ1n) is 7.11. The van der Waals surface area contributed by atoms with E-state index in [1.165, 1.54) is 0 Å². The van der Waals surface area contributed by atoms with Crippen LogP contribution in [0.4, 0.5) is 11.4 Å². The van der Waals surface area contributed by atoms with Crippen molar-refractivity contribution in [2.24, 2.45) is 0 Å². The van der Waals surface area contributed by atoms with Gasteiger partial charge in [-0.25, -0.2) is 4.68 Å². The fourth-order valence-electron chi connectivity index (χ4n) is 2.16. The van der Waals surface area contributed by atoms with Crippen LogP contribution in [0.3, 0.4) is 0 Å². The van der Waals surface area contributed by atoms with Crippen molar-refractivity contribution in [2.75, 3.05) is 17.2 Å². The Labute approximate surface area is 138 Å². The van der Waals surface area contributed by atoms with Crippen molar-refractivity contribution in [3.05, 3.63) is 72.0 Å². The van der Waals surface area contributed by atoms with Gasteiger partial charge in [0.15, 0.2) is 0 Å². The lowest BCUT2D eigenvalue weighted by atomic mass is 10.2. The maximum absolute atomic E-state index is 12.0. The van der Waals surface area contributed by atoms with Crippen molar-refractivity contribution in [3.63, 3.8) is 0 Å². The molecule has 0 saturated heterocycles. The van der Waals surface area contributed by atoms with Crippen molar-refractivity contribution >= 4 is 28.9 Å². The van der Waals surface area contributed by atoms with Gasteiger partial charge in [0.05, 0.1) is 17.9 Å². The molecule has 23 heavy (non-hydrogen) atoms. The number of hydrogen-bond donors (Lipinski definition) is 2. The molecule has 116 valence electrons. The van der Waals surface area contributed by atoms with Crippen LogP contribution in [0.25, 0.3) is 5.69 Å². The number of rotatable bonds is 5.